The highest BCUT2D eigenvalue weighted by atomic mass is 16.4. The Balaban J connectivity index is 2.57. The van der Waals surface area contributed by atoms with E-state index in [1.54, 1.807) is 0 Å². The Labute approximate surface area is 73.2 Å². The molecule has 0 amide bonds. The fraction of sp³-hybridized carbons (Fsp3) is 0.889. The van der Waals surface area contributed by atoms with E-state index in [4.69, 9.17) is 5.11 Å². The third-order valence-corrected chi connectivity index (χ3v) is 3.08. The highest BCUT2D eigenvalue weighted by Crippen LogP contribution is 2.31. The molecule has 1 heterocycles. The molecular weight excluding hydrogens is 154 g/mol. The van der Waals surface area contributed by atoms with Crippen LogP contribution < -0.4 is 5.32 Å². The van der Waals surface area contributed by atoms with Gasteiger partial charge in [-0.3, -0.25) is 4.79 Å². The van der Waals surface area contributed by atoms with Gasteiger partial charge in [-0.25, -0.2) is 0 Å². The summed E-state index contributed by atoms with van der Waals surface area (Å²) < 4.78 is 0. The minimum Gasteiger partial charge on any atom is -0.481 e. The van der Waals surface area contributed by atoms with E-state index in [1.807, 2.05) is 0 Å². The normalized spacial score (nSPS) is 35.3. The molecule has 3 nitrogen and oxygen atoms in total. The Hall–Kier alpha value is -0.570. The summed E-state index contributed by atoms with van der Waals surface area (Å²) in [7, 11) is 0. The van der Waals surface area contributed by atoms with Gasteiger partial charge in [0.25, 0.3) is 0 Å². The van der Waals surface area contributed by atoms with E-state index >= 15 is 0 Å². The molecule has 70 valence electrons. The Bertz CT molecular complexity index is 181. The lowest BCUT2D eigenvalue weighted by Crippen LogP contribution is -2.41. The van der Waals surface area contributed by atoms with Crippen LogP contribution in [-0.4, -0.2) is 23.2 Å². The molecule has 3 heteroatoms. The maximum Gasteiger partial charge on any atom is 0.303 e. The van der Waals surface area contributed by atoms with E-state index in [0.29, 0.717) is 12.3 Å². The van der Waals surface area contributed by atoms with Crippen LogP contribution in [0.3, 0.4) is 0 Å². The van der Waals surface area contributed by atoms with Gasteiger partial charge in [0.1, 0.15) is 0 Å². The highest BCUT2D eigenvalue weighted by Gasteiger charge is 2.37. The van der Waals surface area contributed by atoms with Crippen LogP contribution in [-0.2, 0) is 4.79 Å². The number of carboxylic acid groups (broad SMARTS) is 1. The van der Waals surface area contributed by atoms with Crippen LogP contribution in [0.5, 0.6) is 0 Å². The summed E-state index contributed by atoms with van der Waals surface area (Å²) in [4.78, 5) is 10.5. The standard InChI is InChI=1S/C9H17NO2/c1-3-9(2)7(4-5-10-9)6-8(11)12/h7,10H,3-6H2,1-2H3,(H,11,12). The molecule has 2 atom stereocenters. The topological polar surface area (TPSA) is 49.3 Å². The second-order valence-corrected chi connectivity index (χ2v) is 3.78. The second-order valence-electron chi connectivity index (χ2n) is 3.78. The van der Waals surface area contributed by atoms with Crippen molar-refractivity contribution < 1.29 is 9.90 Å². The first kappa shape index (κ1) is 9.52. The fourth-order valence-corrected chi connectivity index (χ4v) is 1.95. The molecule has 0 radical (unpaired) electrons. The molecule has 0 aliphatic carbocycles. The summed E-state index contributed by atoms with van der Waals surface area (Å²) in [6, 6.07) is 0. The minimum atomic E-state index is -0.677. The molecule has 0 aromatic heterocycles. The molecular formula is C9H17NO2. The van der Waals surface area contributed by atoms with E-state index in [-0.39, 0.29) is 5.54 Å². The lowest BCUT2D eigenvalue weighted by molar-refractivity contribution is -0.138. The third-order valence-electron chi connectivity index (χ3n) is 3.08. The maximum absolute atomic E-state index is 10.5. The van der Waals surface area contributed by atoms with Crippen LogP contribution in [0.4, 0.5) is 0 Å². The van der Waals surface area contributed by atoms with Gasteiger partial charge in [0.05, 0.1) is 0 Å². The Kier molecular flexibility index (Phi) is 2.73. The van der Waals surface area contributed by atoms with Crippen LogP contribution in [0.2, 0.25) is 0 Å². The number of aliphatic carboxylic acids is 1. The van der Waals surface area contributed by atoms with Gasteiger partial charge in [-0.2, -0.15) is 0 Å². The van der Waals surface area contributed by atoms with Crippen molar-refractivity contribution in [3.8, 4) is 0 Å². The van der Waals surface area contributed by atoms with Crippen molar-refractivity contribution >= 4 is 5.97 Å². The molecule has 2 N–H and O–H groups in total. The van der Waals surface area contributed by atoms with Gasteiger partial charge in [0.15, 0.2) is 0 Å². The molecule has 0 aromatic carbocycles. The zero-order valence-corrected chi connectivity index (χ0v) is 7.76. The van der Waals surface area contributed by atoms with Gasteiger partial charge in [0.2, 0.25) is 0 Å². The lowest BCUT2D eigenvalue weighted by Gasteiger charge is -2.29. The Morgan fingerprint density at radius 3 is 2.92 bits per heavy atom. The molecule has 12 heavy (non-hydrogen) atoms. The number of carboxylic acids is 1. The van der Waals surface area contributed by atoms with E-state index < -0.39 is 5.97 Å². The Morgan fingerprint density at radius 1 is 1.75 bits per heavy atom. The zero-order valence-electron chi connectivity index (χ0n) is 7.76. The fourth-order valence-electron chi connectivity index (χ4n) is 1.95. The molecule has 1 rings (SSSR count). The molecule has 0 bridgehead atoms. The molecule has 0 saturated carbocycles. The van der Waals surface area contributed by atoms with Crippen LogP contribution >= 0.6 is 0 Å². The predicted molar refractivity (Wildman–Crippen MR) is 47.1 cm³/mol. The van der Waals surface area contributed by atoms with Gasteiger partial charge in [-0.05, 0) is 32.2 Å². The van der Waals surface area contributed by atoms with Crippen molar-refractivity contribution in [3.05, 3.63) is 0 Å². The summed E-state index contributed by atoms with van der Waals surface area (Å²) in [5.74, 6) is -0.372. The quantitative estimate of drug-likeness (QED) is 0.671. The van der Waals surface area contributed by atoms with Crippen LogP contribution in [0, 0.1) is 5.92 Å². The number of hydrogen-bond donors (Lipinski definition) is 2. The number of carbonyl (C=O) groups is 1. The van der Waals surface area contributed by atoms with Crippen molar-refractivity contribution in [3.63, 3.8) is 0 Å². The maximum atomic E-state index is 10.5. The van der Waals surface area contributed by atoms with Crippen molar-refractivity contribution in [1.29, 1.82) is 0 Å². The lowest BCUT2D eigenvalue weighted by atomic mass is 9.83. The van der Waals surface area contributed by atoms with Gasteiger partial charge in [-0.1, -0.05) is 6.92 Å². The molecule has 1 aliphatic rings. The smallest absolute Gasteiger partial charge is 0.303 e. The van der Waals surface area contributed by atoms with Crippen LogP contribution in [0.25, 0.3) is 0 Å². The van der Waals surface area contributed by atoms with Gasteiger partial charge < -0.3 is 10.4 Å². The third kappa shape index (κ3) is 1.78. The molecule has 0 aromatic rings. The van der Waals surface area contributed by atoms with E-state index in [0.717, 1.165) is 19.4 Å². The molecule has 2 unspecified atom stereocenters. The van der Waals surface area contributed by atoms with Gasteiger partial charge >= 0.3 is 5.97 Å². The van der Waals surface area contributed by atoms with Crippen LogP contribution in [0.1, 0.15) is 33.1 Å². The number of nitrogens with one attached hydrogen (secondary N) is 1. The van der Waals surface area contributed by atoms with Crippen molar-refractivity contribution in [2.24, 2.45) is 5.92 Å². The van der Waals surface area contributed by atoms with Crippen molar-refractivity contribution in [2.45, 2.75) is 38.6 Å². The summed E-state index contributed by atoms with van der Waals surface area (Å²) in [5.41, 5.74) is 0.0540. The van der Waals surface area contributed by atoms with E-state index in [2.05, 4.69) is 19.2 Å². The van der Waals surface area contributed by atoms with Gasteiger partial charge in [-0.15, -0.1) is 0 Å². The summed E-state index contributed by atoms with van der Waals surface area (Å²) >= 11 is 0. The molecule has 1 aliphatic heterocycles. The summed E-state index contributed by atoms with van der Waals surface area (Å²) in [6.07, 6.45) is 2.30. The monoisotopic (exact) mass is 171 g/mol. The average molecular weight is 171 g/mol. The first-order valence-corrected chi connectivity index (χ1v) is 4.55. The molecule has 1 saturated heterocycles. The number of rotatable bonds is 3. The first-order chi connectivity index (χ1) is 5.58. The summed E-state index contributed by atoms with van der Waals surface area (Å²) in [5, 5.41) is 12.0. The second kappa shape index (κ2) is 3.44. The van der Waals surface area contributed by atoms with Crippen molar-refractivity contribution in [1.82, 2.24) is 5.32 Å². The number of hydrogen-bond acceptors (Lipinski definition) is 2. The van der Waals surface area contributed by atoms with E-state index in [1.165, 1.54) is 0 Å². The predicted octanol–water partition coefficient (Wildman–Crippen LogP) is 1.24. The van der Waals surface area contributed by atoms with Crippen molar-refractivity contribution in [2.75, 3.05) is 6.54 Å². The highest BCUT2D eigenvalue weighted by molar-refractivity contribution is 5.67. The largest absolute Gasteiger partial charge is 0.481 e. The molecule has 1 fully saturated rings. The first-order valence-electron chi connectivity index (χ1n) is 4.55. The summed E-state index contributed by atoms with van der Waals surface area (Å²) in [6.45, 7) is 5.18. The zero-order chi connectivity index (χ0) is 9.19. The Morgan fingerprint density at radius 2 is 2.42 bits per heavy atom. The van der Waals surface area contributed by atoms with E-state index in [9.17, 15) is 4.79 Å². The SMILES string of the molecule is CCC1(C)NCCC1CC(=O)O. The molecule has 0 spiro atoms. The minimum absolute atomic E-state index is 0.0540. The van der Waals surface area contributed by atoms with Crippen LogP contribution in [0.15, 0.2) is 0 Å². The van der Waals surface area contributed by atoms with Gasteiger partial charge in [0, 0.05) is 12.0 Å². The average Bonchev–Trinajstić information content (AvgIpc) is 2.33.